The van der Waals surface area contributed by atoms with Crippen LogP contribution in [0.3, 0.4) is 0 Å². The number of ether oxygens (including phenoxy) is 1. The monoisotopic (exact) mass is 383 g/mol. The molecule has 2 aromatic rings. The van der Waals surface area contributed by atoms with Crippen LogP contribution in [0.25, 0.3) is 0 Å². The fourth-order valence-electron chi connectivity index (χ4n) is 2.29. The van der Waals surface area contributed by atoms with Crippen LogP contribution in [0.1, 0.15) is 6.42 Å². The van der Waals surface area contributed by atoms with Crippen LogP contribution in [0.4, 0.5) is 0 Å². The largest absolute Gasteiger partial charge is 0.473 e. The highest BCUT2D eigenvalue weighted by Crippen LogP contribution is 2.24. The average Bonchev–Trinajstić information content (AvgIpc) is 2.98. The zero-order valence-corrected chi connectivity index (χ0v) is 14.0. The van der Waals surface area contributed by atoms with Gasteiger partial charge in [0.1, 0.15) is 12.4 Å². The molecular weight excluding hydrogens is 370 g/mol. The normalized spacial score (nSPS) is 19.2. The Morgan fingerprint density at radius 3 is 2.68 bits per heavy atom. The molecule has 0 radical (unpaired) electrons. The standard InChI is InChI=1S/C14H14BrN3O3S/c15-11-1-3-13(4-2-11)22(19,20)18-8-6-12(9-18)21-14-5-7-16-10-17-14/h1-5,7,10,12H,6,8-9H2/t12-/m1/s1. The Morgan fingerprint density at radius 1 is 1.23 bits per heavy atom. The van der Waals surface area contributed by atoms with Gasteiger partial charge in [0, 0.05) is 23.3 Å². The molecule has 1 fully saturated rings. The Labute approximate surface area is 137 Å². The van der Waals surface area contributed by atoms with Gasteiger partial charge in [0.05, 0.1) is 11.4 Å². The van der Waals surface area contributed by atoms with E-state index in [-0.39, 0.29) is 6.10 Å². The van der Waals surface area contributed by atoms with E-state index in [4.69, 9.17) is 4.74 Å². The summed E-state index contributed by atoms with van der Waals surface area (Å²) in [6, 6.07) is 8.29. The molecule has 0 unspecified atom stereocenters. The van der Waals surface area contributed by atoms with Crippen LogP contribution in [-0.2, 0) is 10.0 Å². The Morgan fingerprint density at radius 2 is 2.00 bits per heavy atom. The molecule has 0 N–H and O–H groups in total. The van der Waals surface area contributed by atoms with Gasteiger partial charge in [-0.05, 0) is 30.7 Å². The van der Waals surface area contributed by atoms with Crippen LogP contribution in [0.15, 0.2) is 52.2 Å². The van der Waals surface area contributed by atoms with Gasteiger partial charge in [0.2, 0.25) is 15.9 Å². The molecule has 0 amide bonds. The molecule has 0 aliphatic carbocycles. The summed E-state index contributed by atoms with van der Waals surface area (Å²) in [5.41, 5.74) is 0. The van der Waals surface area contributed by atoms with Gasteiger partial charge in [-0.15, -0.1) is 0 Å². The number of aromatic nitrogens is 2. The van der Waals surface area contributed by atoms with Crippen molar-refractivity contribution in [2.45, 2.75) is 17.4 Å². The molecule has 8 heteroatoms. The average molecular weight is 384 g/mol. The number of nitrogens with zero attached hydrogens (tertiary/aromatic N) is 3. The molecule has 6 nitrogen and oxygen atoms in total. The second-order valence-electron chi connectivity index (χ2n) is 4.89. The van der Waals surface area contributed by atoms with E-state index < -0.39 is 10.0 Å². The highest BCUT2D eigenvalue weighted by Gasteiger charge is 2.33. The van der Waals surface area contributed by atoms with E-state index in [1.165, 1.54) is 10.6 Å². The molecule has 2 heterocycles. The van der Waals surface area contributed by atoms with Crippen LogP contribution in [-0.4, -0.2) is 41.9 Å². The van der Waals surface area contributed by atoms with Crippen molar-refractivity contribution < 1.29 is 13.2 Å². The second kappa shape index (κ2) is 6.31. The van der Waals surface area contributed by atoms with Gasteiger partial charge in [0.15, 0.2) is 0 Å². The molecular formula is C14H14BrN3O3S. The summed E-state index contributed by atoms with van der Waals surface area (Å²) in [5.74, 6) is 0.461. The molecule has 0 spiro atoms. The van der Waals surface area contributed by atoms with E-state index >= 15 is 0 Å². The minimum Gasteiger partial charge on any atom is -0.473 e. The summed E-state index contributed by atoms with van der Waals surface area (Å²) in [4.78, 5) is 8.10. The number of rotatable bonds is 4. The molecule has 1 aliphatic rings. The number of halogens is 1. The Hall–Kier alpha value is -1.51. The first kappa shape index (κ1) is 15.4. The molecule has 1 aliphatic heterocycles. The third-order valence-corrected chi connectivity index (χ3v) is 5.81. The van der Waals surface area contributed by atoms with Gasteiger partial charge < -0.3 is 4.74 Å². The topological polar surface area (TPSA) is 72.4 Å². The third kappa shape index (κ3) is 3.29. The summed E-state index contributed by atoms with van der Waals surface area (Å²) in [5, 5.41) is 0. The minimum absolute atomic E-state index is 0.194. The minimum atomic E-state index is -3.48. The van der Waals surface area contributed by atoms with Crippen molar-refractivity contribution in [3.05, 3.63) is 47.3 Å². The van der Waals surface area contributed by atoms with Gasteiger partial charge in [0.25, 0.3) is 0 Å². The van der Waals surface area contributed by atoms with E-state index in [1.54, 1.807) is 36.5 Å². The van der Waals surface area contributed by atoms with Crippen molar-refractivity contribution in [3.63, 3.8) is 0 Å². The molecule has 116 valence electrons. The number of sulfonamides is 1. The maximum Gasteiger partial charge on any atom is 0.243 e. The fourth-order valence-corrected chi connectivity index (χ4v) is 4.04. The summed E-state index contributed by atoms with van der Waals surface area (Å²) in [6.07, 6.45) is 3.44. The summed E-state index contributed by atoms with van der Waals surface area (Å²) in [6.45, 7) is 0.760. The van der Waals surface area contributed by atoms with Crippen molar-refractivity contribution >= 4 is 26.0 Å². The SMILES string of the molecule is O=S(=O)(c1ccc(Br)cc1)N1CC[C@@H](Oc2ccncn2)C1. The van der Waals surface area contributed by atoms with Crippen molar-refractivity contribution in [2.75, 3.05) is 13.1 Å². The highest BCUT2D eigenvalue weighted by molar-refractivity contribution is 9.10. The maximum atomic E-state index is 12.6. The molecule has 1 saturated heterocycles. The summed E-state index contributed by atoms with van der Waals surface area (Å²) in [7, 11) is -3.48. The first-order chi connectivity index (χ1) is 10.6. The summed E-state index contributed by atoms with van der Waals surface area (Å²) >= 11 is 3.30. The third-order valence-electron chi connectivity index (χ3n) is 3.40. The van der Waals surface area contributed by atoms with E-state index in [9.17, 15) is 8.42 Å². The van der Waals surface area contributed by atoms with Gasteiger partial charge in [-0.3, -0.25) is 0 Å². The van der Waals surface area contributed by atoms with Gasteiger partial charge in [-0.25, -0.2) is 18.4 Å². The molecule has 1 atom stereocenters. The van der Waals surface area contributed by atoms with E-state index in [0.29, 0.717) is 30.3 Å². The van der Waals surface area contributed by atoms with Crippen LogP contribution in [0.5, 0.6) is 5.88 Å². The lowest BCUT2D eigenvalue weighted by molar-refractivity contribution is 0.206. The lowest BCUT2D eigenvalue weighted by Crippen LogP contribution is -2.31. The molecule has 1 aromatic carbocycles. The van der Waals surface area contributed by atoms with Crippen molar-refractivity contribution in [1.82, 2.24) is 14.3 Å². The van der Waals surface area contributed by atoms with Crippen molar-refractivity contribution in [2.24, 2.45) is 0 Å². The van der Waals surface area contributed by atoms with Gasteiger partial charge >= 0.3 is 0 Å². The maximum absolute atomic E-state index is 12.6. The number of hydrogen-bond donors (Lipinski definition) is 0. The smallest absolute Gasteiger partial charge is 0.243 e. The zero-order valence-electron chi connectivity index (χ0n) is 11.6. The predicted octanol–water partition coefficient (Wildman–Crippen LogP) is 2.08. The number of benzene rings is 1. The zero-order chi connectivity index (χ0) is 15.6. The quantitative estimate of drug-likeness (QED) is 0.807. The van der Waals surface area contributed by atoms with Gasteiger partial charge in [-0.2, -0.15) is 4.31 Å². The molecule has 22 heavy (non-hydrogen) atoms. The van der Waals surface area contributed by atoms with Crippen molar-refractivity contribution in [1.29, 1.82) is 0 Å². The fraction of sp³-hybridized carbons (Fsp3) is 0.286. The predicted molar refractivity (Wildman–Crippen MR) is 84.0 cm³/mol. The van der Waals surface area contributed by atoms with Gasteiger partial charge in [-0.1, -0.05) is 15.9 Å². The molecule has 0 saturated carbocycles. The number of hydrogen-bond acceptors (Lipinski definition) is 5. The summed E-state index contributed by atoms with van der Waals surface area (Å²) < 4.78 is 33.1. The molecule has 3 rings (SSSR count). The Bertz CT molecular complexity index is 738. The highest BCUT2D eigenvalue weighted by atomic mass is 79.9. The first-order valence-corrected chi connectivity index (χ1v) is 8.97. The van der Waals surface area contributed by atoms with E-state index in [2.05, 4.69) is 25.9 Å². The van der Waals surface area contributed by atoms with Crippen LogP contribution in [0, 0.1) is 0 Å². The lowest BCUT2D eigenvalue weighted by atomic mass is 10.3. The van der Waals surface area contributed by atoms with Crippen molar-refractivity contribution in [3.8, 4) is 5.88 Å². The van der Waals surface area contributed by atoms with Crippen LogP contribution >= 0.6 is 15.9 Å². The van der Waals surface area contributed by atoms with Crippen LogP contribution in [0.2, 0.25) is 0 Å². The Balaban J connectivity index is 1.70. The Kier molecular flexibility index (Phi) is 4.42. The lowest BCUT2D eigenvalue weighted by Gasteiger charge is -2.17. The molecule has 1 aromatic heterocycles. The van der Waals surface area contributed by atoms with E-state index in [1.807, 2.05) is 0 Å². The first-order valence-electron chi connectivity index (χ1n) is 6.74. The second-order valence-corrected chi connectivity index (χ2v) is 7.75. The van der Waals surface area contributed by atoms with E-state index in [0.717, 1.165) is 4.47 Å². The molecule has 0 bridgehead atoms. The van der Waals surface area contributed by atoms with Crippen LogP contribution < -0.4 is 4.74 Å².